The molecule has 0 bridgehead atoms. The number of primary amides is 2. The molecule has 22 N–H and O–H groups in total. The van der Waals surface area contributed by atoms with Crippen LogP contribution < -0.4 is 80.6 Å². The first-order chi connectivity index (χ1) is 60.0. The molecular formula is C88H135N19O22. The average molecular weight is 1810 g/mol. The lowest BCUT2D eigenvalue weighted by Gasteiger charge is -2.37. The number of hydrogen-bond donors (Lipinski definition) is 20. The topological polar surface area (TPSA) is 622 Å². The summed E-state index contributed by atoms with van der Waals surface area (Å²) >= 11 is 0. The molecule has 3 aliphatic heterocycles. The Morgan fingerprint density at radius 2 is 0.946 bits per heavy atom. The molecule has 1 aromatic heterocycles. The van der Waals surface area contributed by atoms with Crippen molar-refractivity contribution in [1.82, 2.24) is 88.8 Å². The van der Waals surface area contributed by atoms with Gasteiger partial charge >= 0.3 is 0 Å². The van der Waals surface area contributed by atoms with Gasteiger partial charge in [-0.15, -0.1) is 0 Å². The Hall–Kier alpha value is -11.7. The number of aliphatic hydroxyl groups is 4. The van der Waals surface area contributed by atoms with Crippen molar-refractivity contribution in [3.63, 3.8) is 0 Å². The zero-order valence-electron chi connectivity index (χ0n) is 77.0. The van der Waals surface area contributed by atoms with E-state index in [1.807, 2.05) is 54.6 Å². The van der Waals surface area contributed by atoms with Gasteiger partial charge in [-0.25, -0.2) is 0 Å². The first-order valence-corrected chi connectivity index (χ1v) is 43.7. The smallest absolute Gasteiger partial charge is 0.248 e. The molecule has 0 aliphatic carbocycles. The van der Waals surface area contributed by atoms with Crippen molar-refractivity contribution in [3.05, 3.63) is 71.9 Å². The molecule has 714 valence electrons. The predicted octanol–water partition coefficient (Wildman–Crippen LogP) is -3.11. The second-order valence-corrected chi connectivity index (χ2v) is 37.4. The number of nitrogens with one attached hydrogen (secondary N) is 14. The van der Waals surface area contributed by atoms with Crippen molar-refractivity contribution >= 4 is 117 Å². The number of amides is 18. The maximum absolute atomic E-state index is 14.8. The molecule has 3 aromatic rings. The zero-order valence-corrected chi connectivity index (χ0v) is 77.0. The van der Waals surface area contributed by atoms with Gasteiger partial charge in [-0.2, -0.15) is 0 Å². The van der Waals surface area contributed by atoms with Crippen LogP contribution in [0.2, 0.25) is 0 Å². The number of aromatic nitrogens is 1. The molecule has 0 radical (unpaired) electrons. The van der Waals surface area contributed by atoms with Gasteiger partial charge in [-0.1, -0.05) is 96.5 Å². The van der Waals surface area contributed by atoms with Gasteiger partial charge in [0.25, 0.3) is 0 Å². The molecule has 2 aromatic carbocycles. The molecule has 3 saturated heterocycles. The number of hydrogen-bond acceptors (Lipinski definition) is 22. The van der Waals surface area contributed by atoms with E-state index in [9.17, 15) is 107 Å². The van der Waals surface area contributed by atoms with Gasteiger partial charge in [0.1, 0.15) is 88.1 Å². The number of benzene rings is 2. The van der Waals surface area contributed by atoms with E-state index in [1.165, 1.54) is 81.1 Å². The molecule has 3 aliphatic rings. The third-order valence-electron chi connectivity index (χ3n) is 23.1. The average Bonchev–Trinajstić information content (AvgIpc) is 1.58. The molecule has 15 unspecified atom stereocenters. The van der Waals surface area contributed by atoms with Gasteiger partial charge in [0.05, 0.1) is 31.0 Å². The van der Waals surface area contributed by atoms with E-state index >= 15 is 0 Å². The number of nitrogens with two attached hydrogens (primary N) is 2. The van der Waals surface area contributed by atoms with Crippen molar-refractivity contribution in [2.45, 2.75) is 314 Å². The Morgan fingerprint density at radius 3 is 1.46 bits per heavy atom. The normalized spacial score (nSPS) is 19.0. The van der Waals surface area contributed by atoms with E-state index in [1.54, 1.807) is 47.7 Å². The number of likely N-dealkylation sites (tertiary alicyclic amines) is 3. The van der Waals surface area contributed by atoms with Gasteiger partial charge in [0, 0.05) is 75.8 Å². The third kappa shape index (κ3) is 29.4. The van der Waals surface area contributed by atoms with Crippen LogP contribution in [0.15, 0.2) is 60.8 Å². The lowest BCUT2D eigenvalue weighted by atomic mass is 9.95. The Labute approximate surface area is 751 Å². The summed E-state index contributed by atoms with van der Waals surface area (Å²) in [6.07, 6.45) is -3.83. The summed E-state index contributed by atoms with van der Waals surface area (Å²) in [6.45, 7) is 24.3. The van der Waals surface area contributed by atoms with Crippen LogP contribution >= 0.6 is 0 Å². The summed E-state index contributed by atoms with van der Waals surface area (Å²) in [5, 5.41) is 77.9. The molecule has 4 heterocycles. The van der Waals surface area contributed by atoms with Crippen molar-refractivity contribution in [2.75, 3.05) is 26.2 Å². The van der Waals surface area contributed by atoms with Gasteiger partial charge in [-0.05, 0) is 150 Å². The van der Waals surface area contributed by atoms with Gasteiger partial charge in [-0.3, -0.25) is 86.3 Å². The molecule has 0 saturated carbocycles. The second kappa shape index (κ2) is 45.5. The Balaban J connectivity index is 1.08. The molecule has 0 spiro atoms. The number of carbonyl (C=O) groups excluding carboxylic acids is 18. The lowest BCUT2D eigenvalue weighted by Crippen LogP contribution is -2.66. The fraction of sp³-hybridized carbons (Fsp3) is 0.636. The van der Waals surface area contributed by atoms with Gasteiger partial charge in [0.15, 0.2) is 0 Å². The Morgan fingerprint density at radius 1 is 0.481 bits per heavy atom. The molecule has 41 heteroatoms. The molecule has 3 fully saturated rings. The molecule has 18 amide bonds. The number of β-amino-alcohol motifs (C(OH)–C–C–N with tert-alkyl or cyclic N) is 2. The van der Waals surface area contributed by atoms with E-state index < -0.39 is 269 Å². The number of para-hydroxylation sites is 1. The van der Waals surface area contributed by atoms with Gasteiger partial charge < -0.3 is 121 Å². The minimum Gasteiger partial charge on any atom is -0.394 e. The number of aromatic amines is 1. The van der Waals surface area contributed by atoms with Crippen LogP contribution in [-0.4, -0.2) is 285 Å². The number of rotatable bonds is 45. The van der Waals surface area contributed by atoms with E-state index in [4.69, 9.17) is 11.5 Å². The van der Waals surface area contributed by atoms with Crippen LogP contribution in [0.3, 0.4) is 0 Å². The van der Waals surface area contributed by atoms with Crippen LogP contribution in [0, 0.1) is 17.8 Å². The highest BCUT2D eigenvalue weighted by atomic mass is 16.3. The highest BCUT2D eigenvalue weighted by Crippen LogP contribution is 2.29. The standard InChI is InChI=1S/C88H135N19O22/c1-19-47(6)67(99-80(126)85(11,12)100-70(116)58(32-34-65(90)114)95-76(122)66(46(4)5)97-69(115)60(92-49(8)110)38-51-41-91-56-29-24-23-28-55(51)56)77(123)98-68(48(7)109)78(124)104-84(9,10)79(125)96-59(36-45(2)3)72(118)102-88(17,18)82(128)106-42-53(111)39-62(106)74(120)94-57(31-33-64(89)113)71(117)101-87(15,16)83(129)107-43-54(112)40-63(107)75(121)103-86(13,14)81(127)105-35-25-30-61(105)73(119)93-52(44-108)37-50-26-21-20-22-27-50/h20-24,26-29,41,45-48,52-54,57-63,66-68,91,108-109,111-112H,19,25,30-40,42-44H2,1-18H3,(H2,89,113)(H2,90,114)(H,92,110)(H,93,119)(H,94,120)(H,95,122)(H,96,125)(H,97,115)(H,98,123)(H,99,126)(H,100,116)(H,101,117)(H,102,118)(H,103,121)(H,104,124). The maximum Gasteiger partial charge on any atom is 0.248 e. The first kappa shape index (κ1) is 106. The van der Waals surface area contributed by atoms with E-state index in [2.05, 4.69) is 74.1 Å². The predicted molar refractivity (Wildman–Crippen MR) is 471 cm³/mol. The lowest BCUT2D eigenvalue weighted by molar-refractivity contribution is -0.148. The zero-order chi connectivity index (χ0) is 97.0. The second-order valence-electron chi connectivity index (χ2n) is 37.4. The van der Waals surface area contributed by atoms with Crippen molar-refractivity contribution in [2.24, 2.45) is 29.2 Å². The summed E-state index contributed by atoms with van der Waals surface area (Å²) < 4.78 is 0. The number of aliphatic hydroxyl groups excluding tert-OH is 4. The summed E-state index contributed by atoms with van der Waals surface area (Å²) in [7, 11) is 0. The van der Waals surface area contributed by atoms with Crippen LogP contribution in [0.5, 0.6) is 0 Å². The molecule has 129 heavy (non-hydrogen) atoms. The fourth-order valence-corrected chi connectivity index (χ4v) is 15.6. The van der Waals surface area contributed by atoms with Crippen LogP contribution in [0.1, 0.15) is 200 Å². The molecule has 6 rings (SSSR count). The van der Waals surface area contributed by atoms with E-state index in [0.29, 0.717) is 24.8 Å². The van der Waals surface area contributed by atoms with Crippen molar-refractivity contribution in [1.29, 1.82) is 0 Å². The van der Waals surface area contributed by atoms with Gasteiger partial charge in [0.2, 0.25) is 106 Å². The Bertz CT molecular complexity index is 4590. The summed E-state index contributed by atoms with van der Waals surface area (Å²) in [4.78, 5) is 258. The summed E-state index contributed by atoms with van der Waals surface area (Å²) in [5.74, 6) is -17.4. The SMILES string of the molecule is CCC(C)C(NC(=O)C(C)(C)NC(=O)C(CCC(N)=O)NC(=O)C(NC(=O)C(Cc1c[nH]c2ccccc12)NC(C)=O)C(C)C)C(=O)NC(C(=O)NC(C)(C)C(=O)NC(CC(C)C)C(=O)NC(C)(C)C(=O)N1CC(O)CC1C(=O)NC(CCC(N)=O)C(=O)NC(C)(C)C(=O)N1CC(O)CC1C(=O)NC(C)(C)C(=O)N1CCCC1C(=O)NC(CO)Cc1ccccc1)C(C)O. The number of carbonyl (C=O) groups is 18. The maximum atomic E-state index is 14.8. The monoisotopic (exact) mass is 1810 g/mol. The number of H-pyrrole nitrogens is 1. The van der Waals surface area contributed by atoms with Crippen LogP contribution in [0.25, 0.3) is 10.9 Å². The minimum atomic E-state index is -1.97. The number of fused-ring (bicyclic) bond motifs is 1. The van der Waals surface area contributed by atoms with Crippen molar-refractivity contribution < 1.29 is 107 Å². The number of nitrogens with zero attached hydrogens (tertiary/aromatic N) is 3. The van der Waals surface area contributed by atoms with E-state index in [-0.39, 0.29) is 51.2 Å². The molecular weight excluding hydrogens is 1680 g/mol. The van der Waals surface area contributed by atoms with Crippen LogP contribution in [0.4, 0.5) is 0 Å². The molecule has 41 nitrogen and oxygen atoms in total. The first-order valence-electron chi connectivity index (χ1n) is 43.7. The highest BCUT2D eigenvalue weighted by molar-refractivity contribution is 6.04. The summed E-state index contributed by atoms with van der Waals surface area (Å²) in [5.41, 5.74) is 3.88. The van der Waals surface area contributed by atoms with E-state index in [0.717, 1.165) is 33.2 Å². The molecule has 15 atom stereocenters. The highest BCUT2D eigenvalue weighted by Gasteiger charge is 2.51. The summed E-state index contributed by atoms with van der Waals surface area (Å²) in [6, 6.07) is 1.44. The van der Waals surface area contributed by atoms with Crippen LogP contribution in [-0.2, 0) is 99.1 Å². The fourth-order valence-electron chi connectivity index (χ4n) is 15.6. The third-order valence-corrected chi connectivity index (χ3v) is 23.1. The largest absolute Gasteiger partial charge is 0.394 e. The minimum absolute atomic E-state index is 0.0292. The Kier molecular flexibility index (Phi) is 37.4. The quantitative estimate of drug-likeness (QED) is 0.0266. The van der Waals surface area contributed by atoms with Crippen molar-refractivity contribution in [3.8, 4) is 0 Å².